The van der Waals surface area contributed by atoms with Gasteiger partial charge in [-0.15, -0.1) is 0 Å². The number of benzene rings is 2. The second kappa shape index (κ2) is 8.05. The second-order valence-electron chi connectivity index (χ2n) is 5.41. The summed E-state index contributed by atoms with van der Waals surface area (Å²) in [5.41, 5.74) is 2.24. The third-order valence-electron chi connectivity index (χ3n) is 3.64. The molecule has 0 radical (unpaired) electrons. The fourth-order valence-electron chi connectivity index (χ4n) is 2.38. The lowest BCUT2D eigenvalue weighted by molar-refractivity contribution is -0.112. The van der Waals surface area contributed by atoms with Crippen molar-refractivity contribution in [2.45, 2.75) is 0 Å². The first-order valence-corrected chi connectivity index (χ1v) is 8.86. The maximum atomic E-state index is 12.4. The van der Waals surface area contributed by atoms with E-state index >= 15 is 0 Å². The van der Waals surface area contributed by atoms with Gasteiger partial charge in [-0.2, -0.15) is 5.26 Å². The quantitative estimate of drug-likeness (QED) is 0.446. The topological polar surface area (TPSA) is 57.8 Å². The number of nitriles is 1. The molecule has 26 heavy (non-hydrogen) atoms. The van der Waals surface area contributed by atoms with Gasteiger partial charge in [0.25, 0.3) is 5.91 Å². The van der Waals surface area contributed by atoms with Crippen LogP contribution in [0.1, 0.15) is 5.69 Å². The number of anilines is 1. The lowest BCUT2D eigenvalue weighted by atomic mass is 10.2. The minimum atomic E-state index is -0.460. The Hall–Kier alpha value is -2.81. The zero-order valence-electron chi connectivity index (χ0n) is 13.5. The van der Waals surface area contributed by atoms with Crippen molar-refractivity contribution in [3.8, 4) is 11.8 Å². The first-order valence-electron chi connectivity index (χ1n) is 7.69. The highest BCUT2D eigenvalue weighted by Crippen LogP contribution is 2.19. The fraction of sp³-hybridized carbons (Fsp3) is 0. The molecule has 0 atom stereocenters. The summed E-state index contributed by atoms with van der Waals surface area (Å²) in [5, 5.41) is 12.8. The largest absolute Gasteiger partial charge is 0.321 e. The molecule has 0 aliphatic carbocycles. The molecule has 0 aliphatic rings. The van der Waals surface area contributed by atoms with Crippen LogP contribution in [0, 0.1) is 11.3 Å². The van der Waals surface area contributed by atoms with Crippen LogP contribution >= 0.6 is 27.5 Å². The number of nitrogens with one attached hydrogen (secondary N) is 1. The van der Waals surface area contributed by atoms with Gasteiger partial charge in [-0.3, -0.25) is 4.79 Å². The molecule has 0 spiro atoms. The van der Waals surface area contributed by atoms with Crippen molar-refractivity contribution in [2.75, 3.05) is 5.32 Å². The average Bonchev–Trinajstić information content (AvgIpc) is 3.10. The molecule has 2 aromatic carbocycles. The zero-order chi connectivity index (χ0) is 18.5. The second-order valence-corrected chi connectivity index (χ2v) is 6.76. The molecule has 0 aliphatic heterocycles. The SMILES string of the molecule is N#C/C(=C/c1cccn1-c1ccc(Cl)cc1)C(=O)Nc1ccc(Br)cc1. The lowest BCUT2D eigenvalue weighted by Gasteiger charge is -2.08. The van der Waals surface area contributed by atoms with Crippen LogP contribution in [-0.2, 0) is 4.79 Å². The van der Waals surface area contributed by atoms with Gasteiger partial charge in [0.1, 0.15) is 11.6 Å². The molecule has 3 aromatic rings. The van der Waals surface area contributed by atoms with Crippen molar-refractivity contribution in [3.05, 3.63) is 87.6 Å². The summed E-state index contributed by atoms with van der Waals surface area (Å²) >= 11 is 9.27. The van der Waals surface area contributed by atoms with Gasteiger partial charge in [0.2, 0.25) is 0 Å². The van der Waals surface area contributed by atoms with E-state index in [9.17, 15) is 10.1 Å². The van der Waals surface area contributed by atoms with Gasteiger partial charge in [0, 0.05) is 32.8 Å². The summed E-state index contributed by atoms with van der Waals surface area (Å²) in [4.78, 5) is 12.4. The molecule has 3 rings (SSSR count). The molecule has 0 saturated carbocycles. The summed E-state index contributed by atoms with van der Waals surface area (Å²) in [6.45, 7) is 0. The van der Waals surface area contributed by atoms with Gasteiger partial charge in [0.15, 0.2) is 0 Å². The molecule has 1 aromatic heterocycles. The minimum absolute atomic E-state index is 0.0156. The van der Waals surface area contributed by atoms with E-state index in [1.54, 1.807) is 30.3 Å². The first kappa shape index (κ1) is 18.0. The summed E-state index contributed by atoms with van der Waals surface area (Å²) in [5.74, 6) is -0.460. The third-order valence-corrected chi connectivity index (χ3v) is 4.43. The average molecular weight is 427 g/mol. The minimum Gasteiger partial charge on any atom is -0.321 e. The first-order chi connectivity index (χ1) is 12.6. The zero-order valence-corrected chi connectivity index (χ0v) is 15.8. The molecule has 128 valence electrons. The number of hydrogen-bond acceptors (Lipinski definition) is 2. The normalized spacial score (nSPS) is 11.0. The van der Waals surface area contributed by atoms with Crippen LogP contribution in [0.3, 0.4) is 0 Å². The van der Waals surface area contributed by atoms with Crippen molar-refractivity contribution in [2.24, 2.45) is 0 Å². The van der Waals surface area contributed by atoms with Crippen molar-refractivity contribution in [3.63, 3.8) is 0 Å². The number of hydrogen-bond donors (Lipinski definition) is 1. The molecule has 1 heterocycles. The van der Waals surface area contributed by atoms with E-state index in [1.165, 1.54) is 0 Å². The van der Waals surface area contributed by atoms with Crippen LogP contribution in [-0.4, -0.2) is 10.5 Å². The molecule has 0 fully saturated rings. The summed E-state index contributed by atoms with van der Waals surface area (Å²) in [6.07, 6.45) is 3.42. The number of carbonyl (C=O) groups excluding carboxylic acids is 1. The van der Waals surface area contributed by atoms with Gasteiger partial charge in [0.05, 0.1) is 0 Å². The van der Waals surface area contributed by atoms with Crippen LogP contribution in [0.4, 0.5) is 5.69 Å². The van der Waals surface area contributed by atoms with E-state index in [2.05, 4.69) is 21.2 Å². The van der Waals surface area contributed by atoms with Crippen LogP contribution in [0.15, 0.2) is 76.9 Å². The Bertz CT molecular complexity index is 999. The van der Waals surface area contributed by atoms with Crippen molar-refractivity contribution in [1.82, 2.24) is 4.57 Å². The van der Waals surface area contributed by atoms with Crippen LogP contribution in [0.2, 0.25) is 5.02 Å². The number of nitrogens with zero attached hydrogens (tertiary/aromatic N) is 2. The molecule has 0 bridgehead atoms. The van der Waals surface area contributed by atoms with Crippen LogP contribution in [0.25, 0.3) is 11.8 Å². The molecule has 0 saturated heterocycles. The molecule has 6 heteroatoms. The molecule has 1 N–H and O–H groups in total. The number of halogens is 2. The number of aromatic nitrogens is 1. The van der Waals surface area contributed by atoms with E-state index in [0.717, 1.165) is 15.9 Å². The van der Waals surface area contributed by atoms with Crippen molar-refractivity contribution >= 4 is 45.2 Å². The lowest BCUT2D eigenvalue weighted by Crippen LogP contribution is -2.13. The van der Waals surface area contributed by atoms with Crippen molar-refractivity contribution in [1.29, 1.82) is 5.26 Å². The number of amides is 1. The van der Waals surface area contributed by atoms with Gasteiger partial charge < -0.3 is 9.88 Å². The summed E-state index contributed by atoms with van der Waals surface area (Å²) < 4.78 is 2.79. The standard InChI is InChI=1S/C20H13BrClN3O/c21-15-3-7-17(8-4-15)24-20(26)14(13-23)12-19-2-1-11-25(19)18-9-5-16(22)6-10-18/h1-12H,(H,24,26)/b14-12-. The molecular weight excluding hydrogens is 414 g/mol. The Morgan fingerprint density at radius 1 is 1.12 bits per heavy atom. The van der Waals surface area contributed by atoms with E-state index in [4.69, 9.17) is 11.6 Å². The molecule has 0 unspecified atom stereocenters. The number of rotatable bonds is 4. The maximum absolute atomic E-state index is 12.4. The van der Waals surface area contributed by atoms with Gasteiger partial charge in [-0.1, -0.05) is 27.5 Å². The monoisotopic (exact) mass is 425 g/mol. The Labute approximate surface area is 164 Å². The summed E-state index contributed by atoms with van der Waals surface area (Å²) in [7, 11) is 0. The molecule has 1 amide bonds. The highest BCUT2D eigenvalue weighted by atomic mass is 79.9. The highest BCUT2D eigenvalue weighted by molar-refractivity contribution is 9.10. The Kier molecular flexibility index (Phi) is 5.57. The summed E-state index contributed by atoms with van der Waals surface area (Å²) in [6, 6.07) is 20.1. The predicted octanol–water partition coefficient (Wildman–Crippen LogP) is 5.44. The van der Waals surface area contributed by atoms with E-state index in [1.807, 2.05) is 53.2 Å². The Morgan fingerprint density at radius 2 is 1.81 bits per heavy atom. The Morgan fingerprint density at radius 3 is 2.46 bits per heavy atom. The van der Waals surface area contributed by atoms with Crippen LogP contribution in [0.5, 0.6) is 0 Å². The van der Waals surface area contributed by atoms with Crippen molar-refractivity contribution < 1.29 is 4.79 Å². The predicted molar refractivity (Wildman–Crippen MR) is 107 cm³/mol. The van der Waals surface area contributed by atoms with E-state index in [-0.39, 0.29) is 5.57 Å². The smallest absolute Gasteiger partial charge is 0.266 e. The van der Waals surface area contributed by atoms with Crippen LogP contribution < -0.4 is 5.32 Å². The molecule has 4 nitrogen and oxygen atoms in total. The third kappa shape index (κ3) is 4.23. The van der Waals surface area contributed by atoms with E-state index < -0.39 is 5.91 Å². The van der Waals surface area contributed by atoms with Gasteiger partial charge in [-0.05, 0) is 66.7 Å². The maximum Gasteiger partial charge on any atom is 0.266 e. The van der Waals surface area contributed by atoms with Gasteiger partial charge >= 0.3 is 0 Å². The Balaban J connectivity index is 1.87. The van der Waals surface area contributed by atoms with Gasteiger partial charge in [-0.25, -0.2) is 0 Å². The molecular formula is C20H13BrClN3O. The highest BCUT2D eigenvalue weighted by Gasteiger charge is 2.11. The number of carbonyl (C=O) groups is 1. The fourth-order valence-corrected chi connectivity index (χ4v) is 2.77. The van der Waals surface area contributed by atoms with E-state index in [0.29, 0.717) is 10.7 Å².